The summed E-state index contributed by atoms with van der Waals surface area (Å²) in [6.45, 7) is 11.1. The monoisotopic (exact) mass is 953 g/mol. The molecule has 74 heavy (non-hydrogen) atoms. The number of pyridine rings is 1. The molecule has 4 aromatic heterocycles. The summed E-state index contributed by atoms with van der Waals surface area (Å²) in [5, 5.41) is 4.79. The van der Waals surface area contributed by atoms with Crippen molar-refractivity contribution in [3.8, 4) is 22.9 Å². The van der Waals surface area contributed by atoms with E-state index in [1.807, 2.05) is 6.20 Å². The highest BCUT2D eigenvalue weighted by Gasteiger charge is 2.45. The second kappa shape index (κ2) is 16.7. The Bertz CT molecular complexity index is 4330. The van der Waals surface area contributed by atoms with Gasteiger partial charge in [-0.2, -0.15) is 0 Å². The van der Waals surface area contributed by atoms with Crippen LogP contribution in [0.25, 0.3) is 77.5 Å². The molecule has 14 rings (SSSR count). The second-order valence-corrected chi connectivity index (χ2v) is 20.8. The van der Waals surface area contributed by atoms with Crippen LogP contribution < -0.4 is 19.7 Å². The first-order chi connectivity index (χ1) is 36.2. The lowest BCUT2D eigenvalue weighted by Crippen LogP contribution is -2.55. The van der Waals surface area contributed by atoms with Crippen molar-refractivity contribution in [3.63, 3.8) is 0 Å². The van der Waals surface area contributed by atoms with Crippen LogP contribution in [0.15, 0.2) is 225 Å². The summed E-state index contributed by atoms with van der Waals surface area (Å²) < 4.78 is 9.26. The molecule has 0 N–H and O–H groups in total. The molecule has 0 atom stereocenters. The van der Waals surface area contributed by atoms with Crippen LogP contribution in [0.5, 0.6) is 0 Å². The van der Waals surface area contributed by atoms with Crippen LogP contribution in [0.3, 0.4) is 0 Å². The summed E-state index contributed by atoms with van der Waals surface area (Å²) in [4.78, 5) is 10.2. The molecule has 7 nitrogen and oxygen atoms in total. The van der Waals surface area contributed by atoms with Gasteiger partial charge in [-0.15, -0.1) is 0 Å². The lowest BCUT2D eigenvalue weighted by Gasteiger charge is -2.32. The predicted molar refractivity (Wildman–Crippen MR) is 307 cm³/mol. The van der Waals surface area contributed by atoms with E-state index in [0.717, 1.165) is 73.2 Å². The van der Waals surface area contributed by atoms with Gasteiger partial charge in [0.15, 0.2) is 0 Å². The highest BCUT2D eigenvalue weighted by molar-refractivity contribution is 6.85. The maximum absolute atomic E-state index is 5.07. The van der Waals surface area contributed by atoms with Crippen LogP contribution in [-0.4, -0.2) is 25.7 Å². The maximum atomic E-state index is 5.07. The lowest BCUT2D eigenvalue weighted by molar-refractivity contribution is -0.571. The molecular weight excluding hydrogens is 902 g/mol. The molecule has 0 saturated carbocycles. The smallest absolute Gasteiger partial charge is 0.360 e. The Morgan fingerprint density at radius 2 is 1.05 bits per heavy atom. The van der Waals surface area contributed by atoms with E-state index in [9.17, 15) is 0 Å². The Kier molecular flexibility index (Phi) is 9.86. The zero-order chi connectivity index (χ0) is 49.8. The van der Waals surface area contributed by atoms with Crippen molar-refractivity contribution in [2.45, 2.75) is 40.0 Å². The topological polar surface area (TPSA) is 38.0 Å². The van der Waals surface area contributed by atoms with Gasteiger partial charge in [0, 0.05) is 44.8 Å². The first-order valence-electron chi connectivity index (χ1n) is 25.6. The Hall–Kier alpha value is -9.14. The van der Waals surface area contributed by atoms with E-state index in [0.29, 0.717) is 0 Å². The molecular formula is C66H52BN7. The highest BCUT2D eigenvalue weighted by atomic mass is 15.3. The molecule has 1 aliphatic rings. The minimum Gasteiger partial charge on any atom is -0.360 e. The zero-order valence-electron chi connectivity index (χ0n) is 42.1. The van der Waals surface area contributed by atoms with Crippen molar-refractivity contribution < 1.29 is 4.57 Å². The van der Waals surface area contributed by atoms with Gasteiger partial charge in [-0.05, 0) is 115 Å². The van der Waals surface area contributed by atoms with E-state index >= 15 is 0 Å². The van der Waals surface area contributed by atoms with Crippen molar-refractivity contribution in [2.75, 3.05) is 9.62 Å². The first kappa shape index (κ1) is 43.6. The van der Waals surface area contributed by atoms with Gasteiger partial charge < -0.3 is 14.2 Å². The zero-order valence-corrected chi connectivity index (χ0v) is 42.1. The second-order valence-electron chi connectivity index (χ2n) is 20.8. The number of fused-ring (bicyclic) bond motifs is 8. The van der Waals surface area contributed by atoms with Crippen LogP contribution in [0.4, 0.5) is 22.7 Å². The van der Waals surface area contributed by atoms with E-state index in [1.54, 1.807) is 0 Å². The van der Waals surface area contributed by atoms with Gasteiger partial charge in [0.25, 0.3) is 6.33 Å². The summed E-state index contributed by atoms with van der Waals surface area (Å²) in [6, 6.07) is 79.5. The van der Waals surface area contributed by atoms with Crippen LogP contribution in [0.2, 0.25) is 0 Å². The van der Waals surface area contributed by atoms with Crippen molar-refractivity contribution in [3.05, 3.63) is 248 Å². The fourth-order valence-electron chi connectivity index (χ4n) is 11.9. The number of imidazole rings is 1. The van der Waals surface area contributed by atoms with Gasteiger partial charge in [-0.1, -0.05) is 165 Å². The Balaban J connectivity index is 1.02. The third kappa shape index (κ3) is 6.67. The van der Waals surface area contributed by atoms with Gasteiger partial charge in [0.2, 0.25) is 0 Å². The van der Waals surface area contributed by atoms with Crippen LogP contribution in [0.1, 0.15) is 37.5 Å². The standard InChI is InChI=1S/C66H52BN7/c1-44-20-18-21-45(2)64(44)67-73(48-24-10-7-11-25-48)59-37-35-49(41-62(59)74(67)50-34-36-53-51-26-12-15-30-56(51)72(61(53)42-50)63-40-46(38-39-68-63)66(3,4)5)69-43-70(58-32-17-16-31-57(58)69)60-33-19-28-54-52-27-13-14-29-55(52)71(65(54)60)47-22-8-6-9-23-47/h6-42H,1-5H3. The number of aryl methyl sites for hydroxylation is 2. The molecule has 1 aliphatic heterocycles. The minimum atomic E-state index is -0.227. The Morgan fingerprint density at radius 1 is 0.459 bits per heavy atom. The number of benzene rings is 9. The Morgan fingerprint density at radius 3 is 1.80 bits per heavy atom. The average molecular weight is 954 g/mol. The van der Waals surface area contributed by atoms with E-state index in [2.05, 4.69) is 287 Å². The van der Waals surface area contributed by atoms with Gasteiger partial charge in [-0.3, -0.25) is 13.7 Å². The third-order valence-electron chi connectivity index (χ3n) is 15.3. The molecule has 9 aromatic carbocycles. The average Bonchev–Trinajstić information content (AvgIpc) is 4.18. The molecule has 0 amide bonds. The number of hydrogen-bond donors (Lipinski definition) is 0. The number of aromatic nitrogens is 5. The molecule has 0 spiro atoms. The molecule has 0 unspecified atom stereocenters. The number of para-hydroxylation sites is 7. The van der Waals surface area contributed by atoms with Crippen molar-refractivity contribution >= 4 is 89.8 Å². The fraction of sp³-hybridized carbons (Fsp3) is 0.0909. The van der Waals surface area contributed by atoms with Crippen molar-refractivity contribution in [2.24, 2.45) is 0 Å². The summed E-state index contributed by atoms with van der Waals surface area (Å²) in [5.74, 6) is 0.908. The van der Waals surface area contributed by atoms with Crippen molar-refractivity contribution in [1.29, 1.82) is 0 Å². The molecule has 8 heteroatoms. The quantitative estimate of drug-likeness (QED) is 0.0908. The summed E-state index contributed by atoms with van der Waals surface area (Å²) in [6.07, 6.45) is 5.91. The summed E-state index contributed by atoms with van der Waals surface area (Å²) in [5.41, 5.74) is 19.2. The number of anilines is 4. The molecule has 354 valence electrons. The van der Waals surface area contributed by atoms with Crippen molar-refractivity contribution in [1.82, 2.24) is 18.7 Å². The molecule has 0 radical (unpaired) electrons. The third-order valence-corrected chi connectivity index (χ3v) is 15.3. The number of hydrogen-bond acceptors (Lipinski definition) is 3. The summed E-state index contributed by atoms with van der Waals surface area (Å²) in [7, 11) is 0. The van der Waals surface area contributed by atoms with Gasteiger partial charge >= 0.3 is 6.98 Å². The fourth-order valence-corrected chi connectivity index (χ4v) is 11.9. The Labute approximate surface area is 431 Å². The van der Waals surface area contributed by atoms with Crippen LogP contribution >= 0.6 is 0 Å². The lowest BCUT2D eigenvalue weighted by atomic mass is 9.61. The highest BCUT2D eigenvalue weighted by Crippen LogP contribution is 2.49. The van der Waals surface area contributed by atoms with E-state index in [4.69, 9.17) is 4.98 Å². The molecule has 0 aliphatic carbocycles. The minimum absolute atomic E-state index is 0.0463. The molecule has 0 fully saturated rings. The van der Waals surface area contributed by atoms with Crippen LogP contribution in [0, 0.1) is 20.2 Å². The number of nitrogens with zero attached hydrogens (tertiary/aromatic N) is 7. The number of rotatable bonds is 7. The first-order valence-corrected chi connectivity index (χ1v) is 25.6. The predicted octanol–water partition coefficient (Wildman–Crippen LogP) is 14.9. The maximum Gasteiger partial charge on any atom is 0.421 e. The van der Waals surface area contributed by atoms with Gasteiger partial charge in [-0.25, -0.2) is 4.98 Å². The van der Waals surface area contributed by atoms with E-state index in [-0.39, 0.29) is 12.4 Å². The SMILES string of the molecule is Cc1cccc(C)c1B1N(c2ccccc2)c2ccc(-n3[c-][n+](-c4cccc5c6ccccc6n(-c6ccccc6)c45)c4ccccc43)cc2N1c1ccc2c3ccccc3n(-c3cc(C(C)(C)C)ccn3)c2c1. The van der Waals surface area contributed by atoms with Gasteiger partial charge in [0.05, 0.1) is 55.8 Å². The molecule has 0 saturated heterocycles. The largest absolute Gasteiger partial charge is 0.421 e. The molecule has 13 aromatic rings. The summed E-state index contributed by atoms with van der Waals surface area (Å²) >= 11 is 0. The van der Waals surface area contributed by atoms with E-state index < -0.39 is 0 Å². The normalized spacial score (nSPS) is 12.9. The van der Waals surface area contributed by atoms with Gasteiger partial charge in [0.1, 0.15) is 5.82 Å². The van der Waals surface area contributed by atoms with Crippen LogP contribution in [-0.2, 0) is 5.41 Å². The molecule has 5 heterocycles. The van der Waals surface area contributed by atoms with E-state index in [1.165, 1.54) is 49.2 Å². The molecule has 0 bridgehead atoms.